The minimum Gasteiger partial charge on any atom is -0.457 e. The third kappa shape index (κ3) is 3.99. The van der Waals surface area contributed by atoms with Gasteiger partial charge in [-0.1, -0.05) is 18.2 Å². The third-order valence-corrected chi connectivity index (χ3v) is 6.45. The summed E-state index contributed by atoms with van der Waals surface area (Å²) >= 11 is 0. The van der Waals surface area contributed by atoms with Crippen LogP contribution in [0.15, 0.2) is 72.2 Å². The molecule has 0 spiro atoms. The van der Waals surface area contributed by atoms with Gasteiger partial charge in [0.25, 0.3) is 5.91 Å². The quantitative estimate of drug-likeness (QED) is 0.432. The molecule has 2 aliphatic heterocycles. The summed E-state index contributed by atoms with van der Waals surface area (Å²) in [6.45, 7) is 1.17. The molecule has 2 aromatic heterocycles. The van der Waals surface area contributed by atoms with Gasteiger partial charge in [-0.05, 0) is 55.2 Å². The number of nitrogens with one attached hydrogen (secondary N) is 2. The van der Waals surface area contributed by atoms with Crippen LogP contribution in [-0.4, -0.2) is 50.7 Å². The number of H-pyrrole nitrogens is 1. The van der Waals surface area contributed by atoms with E-state index in [0.29, 0.717) is 18.9 Å². The number of likely N-dealkylation sites (tertiary alicyclic amines) is 1. The van der Waals surface area contributed by atoms with Crippen molar-refractivity contribution in [2.75, 3.05) is 23.4 Å². The zero-order valence-corrected chi connectivity index (χ0v) is 19.4. The molecule has 6 rings (SSSR count). The molecule has 36 heavy (non-hydrogen) atoms. The van der Waals surface area contributed by atoms with Crippen molar-refractivity contribution in [1.29, 1.82) is 0 Å². The molecule has 0 aliphatic carbocycles. The highest BCUT2D eigenvalue weighted by atomic mass is 16.5. The Bertz CT molecular complexity index is 1480. The zero-order valence-electron chi connectivity index (χ0n) is 19.4. The second kappa shape index (κ2) is 9.07. The van der Waals surface area contributed by atoms with Gasteiger partial charge in [0.2, 0.25) is 0 Å². The van der Waals surface area contributed by atoms with Crippen molar-refractivity contribution >= 4 is 34.3 Å². The van der Waals surface area contributed by atoms with Gasteiger partial charge in [-0.25, -0.2) is 15.0 Å². The van der Waals surface area contributed by atoms with Gasteiger partial charge in [0.1, 0.15) is 23.5 Å². The van der Waals surface area contributed by atoms with Crippen LogP contribution in [0.3, 0.4) is 0 Å². The minimum absolute atomic E-state index is 0.0754. The van der Waals surface area contributed by atoms with Crippen LogP contribution in [0.1, 0.15) is 18.4 Å². The number of aromatic nitrogens is 3. The number of anilines is 2. The summed E-state index contributed by atoms with van der Waals surface area (Å²) in [6.07, 6.45) is 10.2. The Labute approximate surface area is 207 Å². The molecule has 1 amide bonds. The van der Waals surface area contributed by atoms with Gasteiger partial charge in [-0.15, -0.1) is 6.42 Å². The summed E-state index contributed by atoms with van der Waals surface area (Å²) in [7, 11) is 0. The summed E-state index contributed by atoms with van der Waals surface area (Å²) in [5, 5.41) is 11.3. The molecule has 0 radical (unpaired) electrons. The lowest BCUT2D eigenvalue weighted by Crippen LogP contribution is -2.46. The Morgan fingerprint density at radius 3 is 2.56 bits per heavy atom. The maximum Gasteiger partial charge on any atom is 0.298 e. The molecule has 178 valence electrons. The van der Waals surface area contributed by atoms with Gasteiger partial charge in [0.15, 0.2) is 11.7 Å². The van der Waals surface area contributed by atoms with Crippen LogP contribution in [0.4, 0.5) is 11.5 Å². The number of carbonyl (C=O) groups is 1. The van der Waals surface area contributed by atoms with Gasteiger partial charge in [-0.2, -0.15) is 5.10 Å². The smallest absolute Gasteiger partial charge is 0.298 e. The monoisotopic (exact) mass is 477 g/mol. The number of nitrogens with zero attached hydrogens (tertiary/aromatic N) is 5. The van der Waals surface area contributed by atoms with E-state index in [1.807, 2.05) is 65.8 Å². The average molecular weight is 478 g/mol. The number of para-hydroxylation sites is 1. The standard InChI is InChI=1S/C27H23N7O2/c1-2-23(35)33-14-12-19(13-15-33)34-27-24-22(16-28-26(24)29-17-30-27)25(32-34)31-18-8-10-21(11-9-18)36-20-6-4-3-5-7-20/h1,3-11,16-17,19H,12-15H2,(H,31,32)(H,28,29,30). The van der Waals surface area contributed by atoms with Gasteiger partial charge < -0.3 is 19.9 Å². The predicted octanol–water partition coefficient (Wildman–Crippen LogP) is 3.97. The lowest BCUT2D eigenvalue weighted by Gasteiger charge is -2.37. The first kappa shape index (κ1) is 21.7. The van der Waals surface area contributed by atoms with E-state index in [2.05, 4.69) is 26.2 Å². The lowest BCUT2D eigenvalue weighted by atomic mass is 10.0. The second-order valence-electron chi connectivity index (χ2n) is 8.65. The van der Waals surface area contributed by atoms with Crippen LogP contribution < -0.4 is 15.1 Å². The molecular formula is C27H23N7O2. The maximum absolute atomic E-state index is 11.9. The molecule has 1 fully saturated rings. The van der Waals surface area contributed by atoms with Crippen molar-refractivity contribution in [3.8, 4) is 23.8 Å². The van der Waals surface area contributed by atoms with Crippen molar-refractivity contribution in [1.82, 2.24) is 19.9 Å². The van der Waals surface area contributed by atoms with Gasteiger partial charge in [0, 0.05) is 30.5 Å². The van der Waals surface area contributed by atoms with E-state index in [9.17, 15) is 4.79 Å². The van der Waals surface area contributed by atoms with Crippen LogP contribution >= 0.6 is 0 Å². The Kier molecular flexibility index (Phi) is 5.46. The summed E-state index contributed by atoms with van der Waals surface area (Å²) in [5.41, 5.74) is 2.53. The number of ether oxygens (including phenoxy) is 1. The van der Waals surface area contributed by atoms with Gasteiger partial charge >= 0.3 is 0 Å². The number of benzene rings is 2. The predicted molar refractivity (Wildman–Crippen MR) is 138 cm³/mol. The van der Waals surface area contributed by atoms with E-state index in [0.717, 1.165) is 52.4 Å². The number of hydrazone groups is 1. The van der Waals surface area contributed by atoms with Crippen LogP contribution in [0, 0.1) is 12.3 Å². The molecule has 9 heteroatoms. The SMILES string of the molecule is C#CC(=O)N1CCC(N2N=C(Nc3ccc(Oc4ccccc4)cc3)c3c[nH]c4ncnc2c34)CC1. The molecule has 4 aromatic rings. The first-order chi connectivity index (χ1) is 17.7. The number of hydrogen-bond acceptors (Lipinski definition) is 7. The van der Waals surface area contributed by atoms with E-state index in [4.69, 9.17) is 16.3 Å². The lowest BCUT2D eigenvalue weighted by molar-refractivity contribution is -0.126. The van der Waals surface area contributed by atoms with Crippen molar-refractivity contribution < 1.29 is 9.53 Å². The normalized spacial score (nSPS) is 15.4. The fourth-order valence-corrected chi connectivity index (χ4v) is 4.64. The molecule has 9 nitrogen and oxygen atoms in total. The summed E-state index contributed by atoms with van der Waals surface area (Å²) < 4.78 is 5.91. The highest BCUT2D eigenvalue weighted by Gasteiger charge is 2.33. The molecule has 0 bridgehead atoms. The number of amidine groups is 1. The van der Waals surface area contributed by atoms with Crippen molar-refractivity contribution in [2.24, 2.45) is 5.10 Å². The van der Waals surface area contributed by atoms with Crippen LogP contribution in [0.25, 0.3) is 11.0 Å². The molecule has 2 aliphatic rings. The molecule has 2 aromatic carbocycles. The van der Waals surface area contributed by atoms with E-state index >= 15 is 0 Å². The molecule has 4 heterocycles. The van der Waals surface area contributed by atoms with E-state index in [1.54, 1.807) is 11.2 Å². The van der Waals surface area contributed by atoms with Crippen molar-refractivity contribution in [3.05, 3.63) is 72.7 Å². The fraction of sp³-hybridized carbons (Fsp3) is 0.185. The van der Waals surface area contributed by atoms with Crippen molar-refractivity contribution in [2.45, 2.75) is 18.9 Å². The number of aromatic amines is 1. The van der Waals surface area contributed by atoms with Crippen LogP contribution in [0.5, 0.6) is 11.5 Å². The summed E-state index contributed by atoms with van der Waals surface area (Å²) in [6, 6.07) is 17.5. The second-order valence-corrected chi connectivity index (χ2v) is 8.65. The Hall–Kier alpha value is -4.84. The molecular weight excluding hydrogens is 454 g/mol. The topological polar surface area (TPSA) is 98.7 Å². The summed E-state index contributed by atoms with van der Waals surface area (Å²) in [5.74, 6) is 4.93. The van der Waals surface area contributed by atoms with Crippen LogP contribution in [-0.2, 0) is 4.79 Å². The highest BCUT2D eigenvalue weighted by molar-refractivity contribution is 6.19. The third-order valence-electron chi connectivity index (χ3n) is 6.45. The zero-order chi connectivity index (χ0) is 24.5. The molecule has 0 unspecified atom stereocenters. The molecule has 2 N–H and O–H groups in total. The fourth-order valence-electron chi connectivity index (χ4n) is 4.64. The minimum atomic E-state index is -0.269. The van der Waals surface area contributed by atoms with Crippen molar-refractivity contribution in [3.63, 3.8) is 0 Å². The number of amides is 1. The first-order valence-electron chi connectivity index (χ1n) is 11.8. The molecule has 1 saturated heterocycles. The highest BCUT2D eigenvalue weighted by Crippen LogP contribution is 2.35. The number of piperidine rings is 1. The number of terminal acetylenes is 1. The number of rotatable bonds is 4. The van der Waals surface area contributed by atoms with Gasteiger partial charge in [-0.3, -0.25) is 4.79 Å². The van der Waals surface area contributed by atoms with E-state index in [-0.39, 0.29) is 11.9 Å². The Morgan fingerprint density at radius 1 is 1.06 bits per heavy atom. The molecule has 0 atom stereocenters. The van der Waals surface area contributed by atoms with Gasteiger partial charge in [0.05, 0.1) is 11.4 Å². The number of hydrogen-bond donors (Lipinski definition) is 2. The molecule has 0 saturated carbocycles. The Balaban J connectivity index is 1.26. The maximum atomic E-state index is 11.9. The first-order valence-corrected chi connectivity index (χ1v) is 11.8. The van der Waals surface area contributed by atoms with Crippen LogP contribution in [0.2, 0.25) is 0 Å². The van der Waals surface area contributed by atoms with E-state index < -0.39 is 0 Å². The average Bonchev–Trinajstić information content (AvgIpc) is 3.37. The Morgan fingerprint density at radius 2 is 1.81 bits per heavy atom. The summed E-state index contributed by atoms with van der Waals surface area (Å²) in [4.78, 5) is 25.8. The largest absolute Gasteiger partial charge is 0.457 e. The number of carbonyl (C=O) groups excluding carboxylic acids is 1. The van der Waals surface area contributed by atoms with E-state index in [1.165, 1.54) is 0 Å².